The summed E-state index contributed by atoms with van der Waals surface area (Å²) in [6, 6.07) is 8.73. The van der Waals surface area contributed by atoms with Crippen molar-refractivity contribution in [3.63, 3.8) is 0 Å². The van der Waals surface area contributed by atoms with Crippen molar-refractivity contribution in [1.82, 2.24) is 0 Å². The minimum absolute atomic E-state index is 0. The molecule has 0 fully saturated rings. The summed E-state index contributed by atoms with van der Waals surface area (Å²) in [6.07, 6.45) is 3.88. The number of hydrogen-bond acceptors (Lipinski definition) is 1. The maximum absolute atomic E-state index is 6.10. The van der Waals surface area contributed by atoms with Gasteiger partial charge in [0.2, 0.25) is 0 Å². The van der Waals surface area contributed by atoms with E-state index in [1.807, 2.05) is 6.08 Å². The fourth-order valence-corrected chi connectivity index (χ4v) is 1.61. The molecule has 0 saturated carbocycles. The van der Waals surface area contributed by atoms with E-state index < -0.39 is 0 Å². The van der Waals surface area contributed by atoms with Gasteiger partial charge >= 0.3 is 0 Å². The molecule has 0 bridgehead atoms. The summed E-state index contributed by atoms with van der Waals surface area (Å²) in [5.74, 6) is 0.566. The fraction of sp³-hybridized carbons (Fsp3) is 0.429. The molecule has 1 aromatic rings. The third kappa shape index (κ3) is 4.38. The third-order valence-corrected chi connectivity index (χ3v) is 2.69. The Hall–Kier alpha value is -0.790. The van der Waals surface area contributed by atoms with Crippen LogP contribution >= 0.6 is 12.4 Å². The fourth-order valence-electron chi connectivity index (χ4n) is 1.61. The van der Waals surface area contributed by atoms with Crippen LogP contribution in [0.4, 0.5) is 0 Å². The lowest BCUT2D eigenvalue weighted by Gasteiger charge is -2.13. The Morgan fingerprint density at radius 2 is 1.94 bits per heavy atom. The molecule has 1 atom stereocenters. The van der Waals surface area contributed by atoms with Crippen LogP contribution in [-0.4, -0.2) is 0 Å². The SMILES string of the molecule is C=CCC[C@H](N)c1cccc(C(C)C)c1.Cl. The number of rotatable bonds is 5. The Bertz CT molecular complexity index is 320. The lowest BCUT2D eigenvalue weighted by Crippen LogP contribution is -2.10. The van der Waals surface area contributed by atoms with Crippen molar-refractivity contribution < 1.29 is 0 Å². The van der Waals surface area contributed by atoms with Gasteiger partial charge < -0.3 is 5.73 Å². The van der Waals surface area contributed by atoms with Crippen LogP contribution < -0.4 is 5.73 Å². The zero-order valence-corrected chi connectivity index (χ0v) is 11.0. The number of hydrogen-bond donors (Lipinski definition) is 1. The van der Waals surface area contributed by atoms with E-state index in [1.54, 1.807) is 0 Å². The van der Waals surface area contributed by atoms with Gasteiger partial charge in [0.15, 0.2) is 0 Å². The first-order valence-corrected chi connectivity index (χ1v) is 5.61. The summed E-state index contributed by atoms with van der Waals surface area (Å²) in [5.41, 5.74) is 8.70. The molecule has 0 spiro atoms. The number of benzene rings is 1. The molecule has 1 nitrogen and oxygen atoms in total. The molecule has 0 unspecified atom stereocenters. The average Bonchev–Trinajstić information content (AvgIpc) is 2.26. The lowest BCUT2D eigenvalue weighted by molar-refractivity contribution is 0.659. The van der Waals surface area contributed by atoms with Crippen LogP contribution in [-0.2, 0) is 0 Å². The number of halogens is 1. The van der Waals surface area contributed by atoms with Gasteiger partial charge in [0.05, 0.1) is 0 Å². The van der Waals surface area contributed by atoms with Gasteiger partial charge in [-0.15, -0.1) is 19.0 Å². The van der Waals surface area contributed by atoms with E-state index in [1.165, 1.54) is 11.1 Å². The van der Waals surface area contributed by atoms with Gasteiger partial charge in [-0.05, 0) is 29.9 Å². The Balaban J connectivity index is 0.00000225. The quantitative estimate of drug-likeness (QED) is 0.766. The highest BCUT2D eigenvalue weighted by molar-refractivity contribution is 5.85. The monoisotopic (exact) mass is 239 g/mol. The normalized spacial score (nSPS) is 12.0. The van der Waals surface area contributed by atoms with Crippen molar-refractivity contribution in [3.8, 4) is 0 Å². The molecular weight excluding hydrogens is 218 g/mol. The Morgan fingerprint density at radius 1 is 1.31 bits per heavy atom. The average molecular weight is 240 g/mol. The van der Waals surface area contributed by atoms with Gasteiger partial charge in [0.1, 0.15) is 0 Å². The molecule has 0 aliphatic rings. The molecule has 1 rings (SSSR count). The van der Waals surface area contributed by atoms with E-state index in [9.17, 15) is 0 Å². The molecule has 0 saturated heterocycles. The van der Waals surface area contributed by atoms with Gasteiger partial charge in [-0.2, -0.15) is 0 Å². The standard InChI is InChI=1S/C14H21N.ClH/c1-4-5-9-14(15)13-8-6-7-12(10-13)11(2)3;/h4,6-8,10-11,14H,1,5,9,15H2,2-3H3;1H/t14-;/m0./s1. The Morgan fingerprint density at radius 3 is 2.50 bits per heavy atom. The van der Waals surface area contributed by atoms with Crippen molar-refractivity contribution in [3.05, 3.63) is 48.0 Å². The second kappa shape index (κ2) is 7.48. The molecule has 90 valence electrons. The second-order valence-electron chi connectivity index (χ2n) is 4.30. The van der Waals surface area contributed by atoms with Gasteiger partial charge in [-0.1, -0.05) is 44.2 Å². The smallest absolute Gasteiger partial charge is 0.0297 e. The molecule has 0 aliphatic carbocycles. The van der Waals surface area contributed by atoms with Crippen LogP contribution in [0.25, 0.3) is 0 Å². The number of allylic oxidation sites excluding steroid dienone is 1. The molecule has 0 radical (unpaired) electrons. The lowest BCUT2D eigenvalue weighted by atomic mass is 9.96. The molecule has 0 heterocycles. The van der Waals surface area contributed by atoms with E-state index in [0.717, 1.165) is 12.8 Å². The summed E-state index contributed by atoms with van der Waals surface area (Å²) < 4.78 is 0. The summed E-state index contributed by atoms with van der Waals surface area (Å²) in [7, 11) is 0. The summed E-state index contributed by atoms with van der Waals surface area (Å²) in [4.78, 5) is 0. The zero-order chi connectivity index (χ0) is 11.3. The largest absolute Gasteiger partial charge is 0.324 e. The number of nitrogens with two attached hydrogens (primary N) is 1. The van der Waals surface area contributed by atoms with E-state index in [4.69, 9.17) is 5.73 Å². The molecule has 0 aliphatic heterocycles. The minimum Gasteiger partial charge on any atom is -0.324 e. The first kappa shape index (κ1) is 15.2. The van der Waals surface area contributed by atoms with E-state index >= 15 is 0 Å². The van der Waals surface area contributed by atoms with Crippen molar-refractivity contribution in [1.29, 1.82) is 0 Å². The van der Waals surface area contributed by atoms with E-state index in [0.29, 0.717) is 5.92 Å². The summed E-state index contributed by atoms with van der Waals surface area (Å²) in [5, 5.41) is 0. The summed E-state index contributed by atoms with van der Waals surface area (Å²) >= 11 is 0. The van der Waals surface area contributed by atoms with Crippen molar-refractivity contribution in [2.75, 3.05) is 0 Å². The Kier molecular flexibility index (Phi) is 7.11. The Labute approximate surface area is 105 Å². The first-order chi connectivity index (χ1) is 7.15. The molecule has 1 aromatic carbocycles. The van der Waals surface area contributed by atoms with Crippen molar-refractivity contribution in [2.24, 2.45) is 5.73 Å². The van der Waals surface area contributed by atoms with Gasteiger partial charge in [0.25, 0.3) is 0 Å². The second-order valence-corrected chi connectivity index (χ2v) is 4.30. The predicted octanol–water partition coefficient (Wildman–Crippen LogP) is 4.20. The van der Waals surface area contributed by atoms with Crippen LogP contribution in [0.2, 0.25) is 0 Å². The van der Waals surface area contributed by atoms with Crippen LogP contribution in [0.5, 0.6) is 0 Å². The van der Waals surface area contributed by atoms with Gasteiger partial charge in [0, 0.05) is 6.04 Å². The van der Waals surface area contributed by atoms with E-state index in [2.05, 4.69) is 44.7 Å². The van der Waals surface area contributed by atoms with Gasteiger partial charge in [-0.3, -0.25) is 0 Å². The maximum Gasteiger partial charge on any atom is 0.0297 e. The highest BCUT2D eigenvalue weighted by Crippen LogP contribution is 2.21. The molecule has 2 N–H and O–H groups in total. The minimum atomic E-state index is 0. The predicted molar refractivity (Wildman–Crippen MR) is 74.1 cm³/mol. The van der Waals surface area contributed by atoms with E-state index in [-0.39, 0.29) is 18.4 Å². The highest BCUT2D eigenvalue weighted by Gasteiger charge is 2.06. The molecule has 16 heavy (non-hydrogen) atoms. The van der Waals surface area contributed by atoms with Crippen LogP contribution in [0.15, 0.2) is 36.9 Å². The van der Waals surface area contributed by atoms with Crippen LogP contribution in [0.1, 0.15) is 49.8 Å². The molecule has 0 aromatic heterocycles. The van der Waals surface area contributed by atoms with Crippen molar-refractivity contribution in [2.45, 2.75) is 38.6 Å². The topological polar surface area (TPSA) is 26.0 Å². The van der Waals surface area contributed by atoms with Crippen LogP contribution in [0.3, 0.4) is 0 Å². The molecular formula is C14H22ClN. The van der Waals surface area contributed by atoms with Gasteiger partial charge in [-0.25, -0.2) is 0 Å². The first-order valence-electron chi connectivity index (χ1n) is 5.61. The third-order valence-electron chi connectivity index (χ3n) is 2.69. The van der Waals surface area contributed by atoms with Crippen molar-refractivity contribution >= 4 is 12.4 Å². The maximum atomic E-state index is 6.10. The van der Waals surface area contributed by atoms with Crippen LogP contribution in [0, 0.1) is 0 Å². The summed E-state index contributed by atoms with van der Waals surface area (Å²) in [6.45, 7) is 8.12. The highest BCUT2D eigenvalue weighted by atomic mass is 35.5. The molecule has 2 heteroatoms. The zero-order valence-electron chi connectivity index (χ0n) is 10.1. The molecule has 0 amide bonds.